The summed E-state index contributed by atoms with van der Waals surface area (Å²) in [5.41, 5.74) is 1.02. The van der Waals surface area contributed by atoms with E-state index in [2.05, 4.69) is 4.74 Å². The van der Waals surface area contributed by atoms with E-state index in [1.54, 1.807) is 0 Å². The van der Waals surface area contributed by atoms with Crippen molar-refractivity contribution < 1.29 is 50.5 Å². The third-order valence-corrected chi connectivity index (χ3v) is 7.16. The summed E-state index contributed by atoms with van der Waals surface area (Å²) in [6, 6.07) is 7.41. The number of rotatable bonds is 8. The normalized spacial score (nSPS) is 15.4. The highest BCUT2D eigenvalue weighted by Gasteiger charge is 2.35. The molecule has 1 amide bonds. The average molecular weight is 520 g/mol. The van der Waals surface area contributed by atoms with Crippen molar-refractivity contribution in [2.45, 2.75) is 30.2 Å². The van der Waals surface area contributed by atoms with E-state index in [0.29, 0.717) is 5.75 Å². The monoisotopic (exact) mass is 520 g/mol. The fourth-order valence-corrected chi connectivity index (χ4v) is 5.29. The lowest BCUT2D eigenvalue weighted by molar-refractivity contribution is -0.274. The van der Waals surface area contributed by atoms with Gasteiger partial charge in [0.05, 0.1) is 19.1 Å². The Labute approximate surface area is 199 Å². The highest BCUT2D eigenvalue weighted by molar-refractivity contribution is 7.89. The fourth-order valence-electron chi connectivity index (χ4n) is 3.64. The first-order chi connectivity index (χ1) is 16.5. The van der Waals surface area contributed by atoms with Crippen molar-refractivity contribution in [1.82, 2.24) is 9.79 Å². The van der Waals surface area contributed by atoms with Crippen LogP contribution in [0.3, 0.4) is 0 Å². The molecule has 0 radical (unpaired) electrons. The highest BCUT2D eigenvalue weighted by atomic mass is 32.2. The second-order valence-electron chi connectivity index (χ2n) is 7.36. The Morgan fingerprint density at radius 1 is 1.03 bits per heavy atom. The number of ether oxygens (including phenoxy) is 4. The Morgan fingerprint density at radius 2 is 1.63 bits per heavy atom. The first kappa shape index (κ1) is 26.4. The van der Waals surface area contributed by atoms with Gasteiger partial charge < -0.3 is 18.9 Å². The molecule has 2 N–H and O–H groups in total. The molecule has 0 bridgehead atoms. The molecule has 0 aliphatic carbocycles. The zero-order valence-electron chi connectivity index (χ0n) is 18.7. The van der Waals surface area contributed by atoms with Crippen LogP contribution in [0.1, 0.15) is 23.2 Å². The van der Waals surface area contributed by atoms with Gasteiger partial charge in [-0.25, -0.2) is 13.9 Å². The predicted octanol–water partition coefficient (Wildman–Crippen LogP) is 2.95. The summed E-state index contributed by atoms with van der Waals surface area (Å²) < 4.78 is 84.5. The van der Waals surface area contributed by atoms with E-state index >= 15 is 0 Å². The average Bonchev–Trinajstić information content (AvgIpc) is 2.83. The molecule has 0 unspecified atom stereocenters. The minimum atomic E-state index is -4.80. The van der Waals surface area contributed by atoms with Gasteiger partial charge in [0.25, 0.3) is 5.91 Å². The lowest BCUT2D eigenvalue weighted by Gasteiger charge is -2.32. The summed E-state index contributed by atoms with van der Waals surface area (Å²) >= 11 is 0. The van der Waals surface area contributed by atoms with Crippen molar-refractivity contribution in [3.63, 3.8) is 0 Å². The number of hydroxylamine groups is 1. The van der Waals surface area contributed by atoms with Gasteiger partial charge in [-0.1, -0.05) is 0 Å². The fraction of sp³-hybridized carbons (Fsp3) is 0.381. The minimum absolute atomic E-state index is 0.0524. The largest absolute Gasteiger partial charge is 0.573 e. The number of halogens is 3. The van der Waals surface area contributed by atoms with Gasteiger partial charge >= 0.3 is 6.36 Å². The van der Waals surface area contributed by atoms with Crippen molar-refractivity contribution in [3.8, 4) is 23.0 Å². The summed E-state index contributed by atoms with van der Waals surface area (Å²) in [7, 11) is -1.63. The molecule has 0 atom stereocenters. The third-order valence-electron chi connectivity index (χ3n) is 5.21. The number of carbonyl (C=O) groups is 1. The molecule has 1 aliphatic heterocycles. The van der Waals surface area contributed by atoms with Crippen molar-refractivity contribution in [2.24, 2.45) is 0 Å². The number of hydrogen-bond donors (Lipinski definition) is 2. The molecular weight excluding hydrogens is 497 g/mol. The summed E-state index contributed by atoms with van der Waals surface area (Å²) in [6.07, 6.45) is -4.61. The molecule has 0 saturated carbocycles. The molecule has 0 aromatic heterocycles. The van der Waals surface area contributed by atoms with Gasteiger partial charge in [0.1, 0.15) is 23.2 Å². The minimum Gasteiger partial charge on any atom is -0.493 e. The van der Waals surface area contributed by atoms with Gasteiger partial charge in [0.2, 0.25) is 10.0 Å². The lowest BCUT2D eigenvalue weighted by Crippen LogP contribution is -2.42. The molecule has 3 rings (SSSR count). The number of benzene rings is 2. The van der Waals surface area contributed by atoms with E-state index in [1.165, 1.54) is 48.3 Å². The van der Waals surface area contributed by atoms with Crippen LogP contribution in [0.25, 0.3) is 0 Å². The number of carbonyl (C=O) groups excluding carboxylic acids is 1. The van der Waals surface area contributed by atoms with E-state index in [1.807, 2.05) is 0 Å². The van der Waals surface area contributed by atoms with E-state index in [4.69, 9.17) is 19.4 Å². The first-order valence-corrected chi connectivity index (χ1v) is 11.7. The Kier molecular flexibility index (Phi) is 7.97. The zero-order chi connectivity index (χ0) is 25.8. The number of sulfonamides is 1. The topological polar surface area (TPSA) is 124 Å². The number of hydrogen-bond acceptors (Lipinski definition) is 8. The number of alkyl halides is 3. The van der Waals surface area contributed by atoms with Crippen LogP contribution in [-0.4, -0.2) is 63.6 Å². The molecular formula is C21H23F3N2O8S. The van der Waals surface area contributed by atoms with Crippen LogP contribution in [0.15, 0.2) is 41.3 Å². The Balaban J connectivity index is 1.73. The molecule has 35 heavy (non-hydrogen) atoms. The maximum Gasteiger partial charge on any atom is 0.573 e. The van der Waals surface area contributed by atoms with Crippen molar-refractivity contribution in [1.29, 1.82) is 0 Å². The van der Waals surface area contributed by atoms with Crippen LogP contribution in [-0.2, 0) is 10.0 Å². The lowest BCUT2D eigenvalue weighted by atomic mass is 10.1. The molecule has 2 aromatic carbocycles. The number of methoxy groups -OCH3 is 2. The SMILES string of the molecule is COc1ccc(S(=O)(=O)N2CCC(Oc3ccc(OC(F)(F)F)cc3)CC2)c(C(=O)NO)c1OC. The van der Waals surface area contributed by atoms with Crippen LogP contribution in [0.4, 0.5) is 13.2 Å². The zero-order valence-corrected chi connectivity index (χ0v) is 19.5. The molecule has 192 valence electrons. The second kappa shape index (κ2) is 10.6. The predicted molar refractivity (Wildman–Crippen MR) is 114 cm³/mol. The number of piperidine rings is 1. The maximum absolute atomic E-state index is 13.3. The van der Waals surface area contributed by atoms with Crippen LogP contribution in [0.2, 0.25) is 0 Å². The van der Waals surface area contributed by atoms with E-state index in [0.717, 1.165) is 12.1 Å². The standard InChI is InChI=1S/C21H23F3N2O8S/c1-31-16-7-8-17(18(19(16)32-2)20(27)25-28)35(29,30)26-11-9-14(10-12-26)33-13-3-5-15(6-4-13)34-21(22,23)24/h3-8,14,28H,9-12H2,1-2H3,(H,25,27). The van der Waals surface area contributed by atoms with Gasteiger partial charge in [-0.2, -0.15) is 4.31 Å². The van der Waals surface area contributed by atoms with Gasteiger partial charge in [0.15, 0.2) is 11.5 Å². The number of nitrogens with one attached hydrogen (secondary N) is 1. The molecule has 1 fully saturated rings. The van der Waals surface area contributed by atoms with E-state index in [-0.39, 0.29) is 54.2 Å². The van der Waals surface area contributed by atoms with Crippen molar-refractivity contribution in [3.05, 3.63) is 42.0 Å². The molecule has 1 heterocycles. The van der Waals surface area contributed by atoms with Gasteiger partial charge in [-0.05, 0) is 49.2 Å². The van der Waals surface area contributed by atoms with Crippen molar-refractivity contribution >= 4 is 15.9 Å². The van der Waals surface area contributed by atoms with Gasteiger partial charge in [-0.15, -0.1) is 13.2 Å². The summed E-state index contributed by atoms with van der Waals surface area (Å²) in [6.45, 7) is 0.105. The maximum atomic E-state index is 13.3. The van der Waals surface area contributed by atoms with Gasteiger partial charge in [-0.3, -0.25) is 10.0 Å². The second-order valence-corrected chi connectivity index (χ2v) is 9.26. The van der Waals surface area contributed by atoms with Crippen LogP contribution >= 0.6 is 0 Å². The molecule has 1 saturated heterocycles. The summed E-state index contributed by atoms with van der Waals surface area (Å²) in [5, 5.41) is 9.14. The summed E-state index contributed by atoms with van der Waals surface area (Å²) in [5.74, 6) is -1.22. The third kappa shape index (κ3) is 6.07. The smallest absolute Gasteiger partial charge is 0.493 e. The molecule has 14 heteroatoms. The highest BCUT2D eigenvalue weighted by Crippen LogP contribution is 2.37. The number of amides is 1. The Morgan fingerprint density at radius 3 is 2.14 bits per heavy atom. The number of nitrogens with zero attached hydrogens (tertiary/aromatic N) is 1. The Hall–Kier alpha value is -3.23. The molecule has 1 aliphatic rings. The van der Waals surface area contributed by atoms with Gasteiger partial charge in [0, 0.05) is 13.1 Å². The molecule has 0 spiro atoms. The quantitative estimate of drug-likeness (QED) is 0.402. The molecule has 10 nitrogen and oxygen atoms in total. The van der Waals surface area contributed by atoms with E-state index in [9.17, 15) is 26.4 Å². The first-order valence-electron chi connectivity index (χ1n) is 10.2. The van der Waals surface area contributed by atoms with Crippen LogP contribution in [0, 0.1) is 0 Å². The van der Waals surface area contributed by atoms with Crippen molar-refractivity contribution in [2.75, 3.05) is 27.3 Å². The van der Waals surface area contributed by atoms with Crippen LogP contribution in [0.5, 0.6) is 23.0 Å². The molecule has 2 aromatic rings. The summed E-state index contributed by atoms with van der Waals surface area (Å²) in [4.78, 5) is 11.9. The van der Waals surface area contributed by atoms with Crippen LogP contribution < -0.4 is 24.4 Å². The van der Waals surface area contributed by atoms with E-state index < -0.39 is 27.9 Å². The Bertz CT molecular complexity index is 1150.